The summed E-state index contributed by atoms with van der Waals surface area (Å²) in [4.78, 5) is 22.0. The Morgan fingerprint density at radius 2 is 1.85 bits per heavy atom. The van der Waals surface area contributed by atoms with E-state index in [9.17, 15) is 9.59 Å². The van der Waals surface area contributed by atoms with Gasteiger partial charge in [0.1, 0.15) is 0 Å². The number of hydrogen-bond acceptors (Lipinski definition) is 4. The average molecular weight is 196 g/mol. The van der Waals surface area contributed by atoms with Crippen molar-refractivity contribution in [3.63, 3.8) is 0 Å². The van der Waals surface area contributed by atoms with Gasteiger partial charge in [-0.05, 0) is 0 Å². The van der Waals surface area contributed by atoms with Crippen LogP contribution >= 0.6 is 11.8 Å². The van der Waals surface area contributed by atoms with Gasteiger partial charge in [-0.25, -0.2) is 5.84 Å². The van der Waals surface area contributed by atoms with Crippen molar-refractivity contribution in [2.45, 2.75) is 0 Å². The Labute approximate surface area is 79.5 Å². The zero-order valence-corrected chi connectivity index (χ0v) is 7.51. The molecule has 0 radical (unpaired) electrons. The molecule has 5 heteroatoms. The first-order chi connectivity index (χ1) is 6.24. The maximum atomic E-state index is 11.3. The number of nitrogens with two attached hydrogens (primary N) is 1. The van der Waals surface area contributed by atoms with E-state index in [0.717, 1.165) is 0 Å². The van der Waals surface area contributed by atoms with Crippen LogP contribution < -0.4 is 11.3 Å². The van der Waals surface area contributed by atoms with Gasteiger partial charge in [-0.1, -0.05) is 30.3 Å². The lowest BCUT2D eigenvalue weighted by atomic mass is 10.2. The van der Waals surface area contributed by atoms with Gasteiger partial charge in [0.15, 0.2) is 0 Å². The fraction of sp³-hybridized carbons (Fsp3) is 0. The molecule has 0 heterocycles. The number of amides is 1. The van der Waals surface area contributed by atoms with Crippen LogP contribution in [0.4, 0.5) is 4.79 Å². The fourth-order valence-electron chi connectivity index (χ4n) is 0.747. The third-order valence-corrected chi connectivity index (χ3v) is 2.04. The summed E-state index contributed by atoms with van der Waals surface area (Å²) in [5, 5.41) is -0.877. The number of benzene rings is 1. The molecule has 0 spiro atoms. The molecule has 0 fully saturated rings. The SMILES string of the molecule is NNC(=O)SC(=O)c1ccccc1. The highest BCUT2D eigenvalue weighted by Gasteiger charge is 2.10. The van der Waals surface area contributed by atoms with Gasteiger partial charge in [0, 0.05) is 17.3 Å². The molecular weight excluding hydrogens is 188 g/mol. The molecule has 4 nitrogen and oxygen atoms in total. The van der Waals surface area contributed by atoms with Crippen molar-refractivity contribution in [3.8, 4) is 0 Å². The lowest BCUT2D eigenvalue weighted by Gasteiger charge is -1.97. The first-order valence-corrected chi connectivity index (χ1v) is 4.33. The van der Waals surface area contributed by atoms with Gasteiger partial charge in [-0.3, -0.25) is 15.0 Å². The van der Waals surface area contributed by atoms with Gasteiger partial charge in [-0.2, -0.15) is 0 Å². The van der Waals surface area contributed by atoms with Crippen LogP contribution in [0.25, 0.3) is 0 Å². The van der Waals surface area contributed by atoms with Crippen LogP contribution in [0, 0.1) is 0 Å². The van der Waals surface area contributed by atoms with E-state index in [4.69, 9.17) is 5.84 Å². The number of carbonyl (C=O) groups is 2. The molecule has 1 amide bonds. The highest BCUT2D eigenvalue weighted by molar-refractivity contribution is 8.26. The second-order valence-corrected chi connectivity index (χ2v) is 3.13. The molecule has 0 aliphatic rings. The maximum Gasteiger partial charge on any atom is 0.300 e. The first-order valence-electron chi connectivity index (χ1n) is 3.52. The summed E-state index contributed by atoms with van der Waals surface area (Å²) in [6.07, 6.45) is 0. The molecule has 0 unspecified atom stereocenters. The predicted molar refractivity (Wildman–Crippen MR) is 51.1 cm³/mol. The second-order valence-electron chi connectivity index (χ2n) is 2.19. The summed E-state index contributed by atoms with van der Waals surface area (Å²) < 4.78 is 0. The van der Waals surface area contributed by atoms with Crippen LogP contribution in [-0.4, -0.2) is 10.4 Å². The number of thioether (sulfide) groups is 1. The first kappa shape index (κ1) is 9.76. The van der Waals surface area contributed by atoms with Crippen LogP contribution in [-0.2, 0) is 0 Å². The normalized spacial score (nSPS) is 9.31. The fourth-order valence-corrected chi connectivity index (χ4v) is 1.23. The summed E-state index contributed by atoms with van der Waals surface area (Å²) in [6, 6.07) is 8.53. The van der Waals surface area contributed by atoms with Gasteiger partial charge >= 0.3 is 5.24 Å². The average Bonchev–Trinajstić information content (AvgIpc) is 2.19. The predicted octanol–water partition coefficient (Wildman–Crippen LogP) is 1.14. The van der Waals surface area contributed by atoms with E-state index in [-0.39, 0.29) is 5.12 Å². The van der Waals surface area contributed by atoms with E-state index in [2.05, 4.69) is 0 Å². The van der Waals surface area contributed by atoms with Crippen molar-refractivity contribution in [1.82, 2.24) is 5.43 Å². The van der Waals surface area contributed by atoms with Crippen molar-refractivity contribution < 1.29 is 9.59 Å². The molecule has 0 bridgehead atoms. The minimum absolute atomic E-state index is 0.316. The monoisotopic (exact) mass is 196 g/mol. The number of rotatable bonds is 1. The molecular formula is C8H8N2O2S. The van der Waals surface area contributed by atoms with Crippen molar-refractivity contribution in [1.29, 1.82) is 0 Å². The number of nitrogens with one attached hydrogen (secondary N) is 1. The third-order valence-electron chi connectivity index (χ3n) is 1.31. The molecule has 1 aromatic rings. The van der Waals surface area contributed by atoms with Crippen molar-refractivity contribution >= 4 is 22.1 Å². The highest BCUT2D eigenvalue weighted by Crippen LogP contribution is 2.11. The zero-order valence-electron chi connectivity index (χ0n) is 6.69. The minimum Gasteiger partial charge on any atom is -0.285 e. The summed E-state index contributed by atoms with van der Waals surface area (Å²) >= 11 is 0.539. The molecule has 13 heavy (non-hydrogen) atoms. The number of hydrogen-bond donors (Lipinski definition) is 2. The number of carbonyl (C=O) groups excluding carboxylic acids is 2. The summed E-state index contributed by atoms with van der Waals surface area (Å²) in [5.41, 5.74) is 2.35. The van der Waals surface area contributed by atoms with Gasteiger partial charge in [-0.15, -0.1) is 0 Å². The molecule has 0 saturated carbocycles. The third kappa shape index (κ3) is 2.89. The Balaban J connectivity index is 2.65. The van der Waals surface area contributed by atoms with E-state index in [1.165, 1.54) is 0 Å². The van der Waals surface area contributed by atoms with E-state index in [1.54, 1.807) is 30.3 Å². The largest absolute Gasteiger partial charge is 0.300 e. The van der Waals surface area contributed by atoms with Crippen LogP contribution in [0.5, 0.6) is 0 Å². The van der Waals surface area contributed by atoms with Gasteiger partial charge < -0.3 is 0 Å². The van der Waals surface area contributed by atoms with Crippen LogP contribution in [0.3, 0.4) is 0 Å². The zero-order chi connectivity index (χ0) is 9.68. The standard InChI is InChI=1S/C8H8N2O2S/c9-10-8(12)13-7(11)6-4-2-1-3-5-6/h1-5H,9H2,(H,10,12). The summed E-state index contributed by atoms with van der Waals surface area (Å²) in [5.74, 6) is 4.83. The maximum absolute atomic E-state index is 11.3. The molecule has 0 saturated heterocycles. The van der Waals surface area contributed by atoms with Gasteiger partial charge in [0.2, 0.25) is 5.12 Å². The van der Waals surface area contributed by atoms with E-state index >= 15 is 0 Å². The topological polar surface area (TPSA) is 72.2 Å². The summed E-state index contributed by atoms with van der Waals surface area (Å²) in [6.45, 7) is 0. The Hall–Kier alpha value is -1.33. The second kappa shape index (κ2) is 4.64. The molecule has 0 atom stereocenters. The highest BCUT2D eigenvalue weighted by atomic mass is 32.2. The van der Waals surface area contributed by atoms with Crippen LogP contribution in [0.1, 0.15) is 10.4 Å². The lowest BCUT2D eigenvalue weighted by molar-refractivity contribution is 0.108. The molecule has 0 aliphatic carbocycles. The Morgan fingerprint density at radius 3 is 2.38 bits per heavy atom. The molecule has 0 aromatic heterocycles. The van der Waals surface area contributed by atoms with E-state index in [1.807, 2.05) is 5.43 Å². The van der Waals surface area contributed by atoms with Gasteiger partial charge in [0.05, 0.1) is 0 Å². The molecule has 68 valence electrons. The Bertz CT molecular complexity index is 313. The smallest absolute Gasteiger partial charge is 0.285 e. The lowest BCUT2D eigenvalue weighted by Crippen LogP contribution is -2.26. The molecule has 1 aromatic carbocycles. The van der Waals surface area contributed by atoms with Crippen molar-refractivity contribution in [2.24, 2.45) is 5.84 Å². The quantitative estimate of drug-likeness (QED) is 0.401. The Morgan fingerprint density at radius 1 is 1.23 bits per heavy atom. The van der Waals surface area contributed by atoms with Gasteiger partial charge in [0.25, 0.3) is 0 Å². The van der Waals surface area contributed by atoms with E-state index < -0.39 is 5.24 Å². The van der Waals surface area contributed by atoms with Crippen molar-refractivity contribution in [2.75, 3.05) is 0 Å². The molecule has 3 N–H and O–H groups in total. The van der Waals surface area contributed by atoms with Crippen molar-refractivity contribution in [3.05, 3.63) is 35.9 Å². The van der Waals surface area contributed by atoms with Crippen LogP contribution in [0.2, 0.25) is 0 Å². The molecule has 1 rings (SSSR count). The van der Waals surface area contributed by atoms with Crippen LogP contribution in [0.15, 0.2) is 30.3 Å². The number of hydrazine groups is 1. The molecule has 0 aliphatic heterocycles. The summed E-state index contributed by atoms with van der Waals surface area (Å²) in [7, 11) is 0. The minimum atomic E-state index is -0.561. The Kier molecular flexibility index (Phi) is 3.48. The van der Waals surface area contributed by atoms with E-state index in [0.29, 0.717) is 17.3 Å².